The fraction of sp³-hybridized carbons (Fsp3) is 0.233. The molecule has 0 aliphatic carbocycles. The number of carbonyl (C=O) groups is 3. The second kappa shape index (κ2) is 10.4. The molecule has 0 aromatic heterocycles. The minimum absolute atomic E-state index is 0.0001000. The summed E-state index contributed by atoms with van der Waals surface area (Å²) in [5.41, 5.74) is 2.67. The number of amides is 1. The van der Waals surface area contributed by atoms with Crippen molar-refractivity contribution in [2.24, 2.45) is 0 Å². The van der Waals surface area contributed by atoms with Gasteiger partial charge in [0.25, 0.3) is 11.7 Å². The Balaban J connectivity index is 1.95. The molecule has 1 heterocycles. The number of rotatable bonds is 6. The smallest absolute Gasteiger partial charge is 0.338 e. The third kappa shape index (κ3) is 4.85. The number of phenolic OH excluding ortho intramolecular Hbond substituents is 1. The zero-order chi connectivity index (χ0) is 27.7. The maximum absolute atomic E-state index is 13.5. The number of benzene rings is 3. The van der Waals surface area contributed by atoms with Gasteiger partial charge >= 0.3 is 5.97 Å². The topological polar surface area (TPSA) is 113 Å². The molecule has 1 atom stereocenters. The maximum atomic E-state index is 13.5. The number of carbonyl (C=O) groups excluding carboxylic acids is 3. The monoisotopic (exact) mass is 515 g/mol. The van der Waals surface area contributed by atoms with E-state index in [9.17, 15) is 24.6 Å². The summed E-state index contributed by atoms with van der Waals surface area (Å²) in [7, 11) is 1.46. The standard InChI is InChI=1S/C30H29NO7/c1-16(2)38-30(36)20-7-6-8-21(15-20)31-25(19-9-11-22(32)12-10-19)24(27(34)29(31)35)26(33)23-14-17(3)13-18(4)28(23)37-5/h6-16,25,32-33H,1-5H3/b26-24+. The molecule has 1 unspecified atom stereocenters. The number of phenols is 1. The van der Waals surface area contributed by atoms with Crippen LogP contribution in [0.3, 0.4) is 0 Å². The van der Waals surface area contributed by atoms with E-state index in [4.69, 9.17) is 9.47 Å². The number of aryl methyl sites for hydroxylation is 2. The average molecular weight is 516 g/mol. The van der Waals surface area contributed by atoms with Crippen LogP contribution in [0, 0.1) is 13.8 Å². The Morgan fingerprint density at radius 2 is 1.68 bits per heavy atom. The van der Waals surface area contributed by atoms with E-state index >= 15 is 0 Å². The fourth-order valence-electron chi connectivity index (χ4n) is 4.68. The lowest BCUT2D eigenvalue weighted by Crippen LogP contribution is -2.29. The van der Waals surface area contributed by atoms with E-state index in [-0.39, 0.29) is 40.0 Å². The van der Waals surface area contributed by atoms with E-state index in [0.717, 1.165) is 11.1 Å². The van der Waals surface area contributed by atoms with Gasteiger partial charge in [-0.15, -0.1) is 0 Å². The Morgan fingerprint density at radius 1 is 1.00 bits per heavy atom. The van der Waals surface area contributed by atoms with Crippen molar-refractivity contribution in [3.63, 3.8) is 0 Å². The van der Waals surface area contributed by atoms with Gasteiger partial charge in [-0.1, -0.05) is 24.3 Å². The molecule has 0 bridgehead atoms. The number of nitrogens with zero attached hydrogens (tertiary/aromatic N) is 1. The molecule has 1 aliphatic heterocycles. The van der Waals surface area contributed by atoms with E-state index in [1.165, 1.54) is 30.2 Å². The number of hydrogen-bond acceptors (Lipinski definition) is 7. The molecular weight excluding hydrogens is 486 g/mol. The minimum Gasteiger partial charge on any atom is -0.508 e. The molecule has 3 aromatic rings. The van der Waals surface area contributed by atoms with Gasteiger partial charge in [0, 0.05) is 5.69 Å². The molecule has 3 aromatic carbocycles. The minimum atomic E-state index is -1.04. The van der Waals surface area contributed by atoms with Crippen molar-refractivity contribution >= 4 is 29.1 Å². The number of esters is 1. The number of ketones is 1. The molecule has 2 N–H and O–H groups in total. The van der Waals surface area contributed by atoms with Gasteiger partial charge in [0.1, 0.15) is 17.3 Å². The summed E-state index contributed by atoms with van der Waals surface area (Å²) in [6.07, 6.45) is -0.342. The number of Topliss-reactive ketones (excluding diaryl/α,β-unsaturated/α-hetero) is 1. The second-order valence-electron chi connectivity index (χ2n) is 9.43. The molecule has 1 amide bonds. The summed E-state index contributed by atoms with van der Waals surface area (Å²) in [5, 5.41) is 21.4. The van der Waals surface area contributed by atoms with Gasteiger partial charge in [0.2, 0.25) is 0 Å². The molecule has 1 aliphatic rings. The molecule has 1 fully saturated rings. The van der Waals surface area contributed by atoms with Crippen LogP contribution in [0.5, 0.6) is 11.5 Å². The Kier molecular flexibility index (Phi) is 7.26. The molecule has 38 heavy (non-hydrogen) atoms. The Bertz CT molecular complexity index is 1450. The van der Waals surface area contributed by atoms with Crippen molar-refractivity contribution in [1.82, 2.24) is 0 Å². The number of ether oxygens (including phenoxy) is 2. The molecule has 8 nitrogen and oxygen atoms in total. The van der Waals surface area contributed by atoms with Gasteiger partial charge in [0.15, 0.2) is 0 Å². The van der Waals surface area contributed by atoms with Crippen LogP contribution in [0.25, 0.3) is 5.76 Å². The molecule has 0 spiro atoms. The number of aliphatic hydroxyl groups excluding tert-OH is 1. The lowest BCUT2D eigenvalue weighted by atomic mass is 9.93. The number of aromatic hydroxyl groups is 1. The maximum Gasteiger partial charge on any atom is 0.338 e. The van der Waals surface area contributed by atoms with Crippen LogP contribution in [0.15, 0.2) is 66.2 Å². The molecular formula is C30H29NO7. The zero-order valence-corrected chi connectivity index (χ0v) is 21.8. The predicted octanol–water partition coefficient (Wildman–Crippen LogP) is 5.21. The molecule has 1 saturated heterocycles. The Morgan fingerprint density at radius 3 is 2.32 bits per heavy atom. The first-order chi connectivity index (χ1) is 18.0. The van der Waals surface area contributed by atoms with Gasteiger partial charge in [-0.25, -0.2) is 4.79 Å². The van der Waals surface area contributed by atoms with Crippen LogP contribution in [0.4, 0.5) is 5.69 Å². The number of hydrogen-bond donors (Lipinski definition) is 2. The highest BCUT2D eigenvalue weighted by molar-refractivity contribution is 6.51. The van der Waals surface area contributed by atoms with Crippen molar-refractivity contribution in [1.29, 1.82) is 0 Å². The quantitative estimate of drug-likeness (QED) is 0.201. The van der Waals surface area contributed by atoms with Crippen LogP contribution in [0.1, 0.15) is 52.5 Å². The SMILES string of the molecule is COc1c(C)cc(C)cc1/C(O)=C1\C(=O)C(=O)N(c2cccc(C(=O)OC(C)C)c2)C1c1ccc(O)cc1. The summed E-state index contributed by atoms with van der Waals surface area (Å²) in [4.78, 5) is 40.8. The summed E-state index contributed by atoms with van der Waals surface area (Å²) in [6.45, 7) is 7.13. The van der Waals surface area contributed by atoms with E-state index in [1.807, 2.05) is 19.9 Å². The van der Waals surface area contributed by atoms with Crippen molar-refractivity contribution in [3.8, 4) is 11.5 Å². The van der Waals surface area contributed by atoms with Crippen molar-refractivity contribution in [2.75, 3.05) is 12.0 Å². The van der Waals surface area contributed by atoms with Crippen molar-refractivity contribution in [3.05, 3.63) is 94.1 Å². The summed E-state index contributed by atoms with van der Waals surface area (Å²) < 4.78 is 10.8. The molecule has 0 radical (unpaired) electrons. The third-order valence-corrected chi connectivity index (χ3v) is 6.23. The van der Waals surface area contributed by atoms with E-state index in [1.54, 1.807) is 50.2 Å². The van der Waals surface area contributed by atoms with E-state index in [0.29, 0.717) is 11.3 Å². The normalized spacial score (nSPS) is 16.7. The first-order valence-electron chi connectivity index (χ1n) is 12.1. The number of methoxy groups -OCH3 is 1. The molecule has 8 heteroatoms. The lowest BCUT2D eigenvalue weighted by molar-refractivity contribution is -0.132. The highest BCUT2D eigenvalue weighted by Gasteiger charge is 2.47. The summed E-state index contributed by atoms with van der Waals surface area (Å²) >= 11 is 0. The molecule has 0 saturated carbocycles. The van der Waals surface area contributed by atoms with Gasteiger partial charge in [-0.05, 0) is 80.8 Å². The molecule has 196 valence electrons. The van der Waals surface area contributed by atoms with Crippen LogP contribution in [0.2, 0.25) is 0 Å². The summed E-state index contributed by atoms with van der Waals surface area (Å²) in [6, 6.07) is 14.8. The van der Waals surface area contributed by atoms with Crippen LogP contribution < -0.4 is 9.64 Å². The van der Waals surface area contributed by atoms with E-state index < -0.39 is 23.7 Å². The van der Waals surface area contributed by atoms with Gasteiger partial charge in [-0.3, -0.25) is 14.5 Å². The van der Waals surface area contributed by atoms with Crippen LogP contribution >= 0.6 is 0 Å². The average Bonchev–Trinajstić information content (AvgIpc) is 3.13. The first kappa shape index (κ1) is 26.5. The van der Waals surface area contributed by atoms with Gasteiger partial charge in [-0.2, -0.15) is 0 Å². The largest absolute Gasteiger partial charge is 0.508 e. The predicted molar refractivity (Wildman–Crippen MR) is 142 cm³/mol. The number of anilines is 1. The first-order valence-corrected chi connectivity index (χ1v) is 12.1. The second-order valence-corrected chi connectivity index (χ2v) is 9.43. The van der Waals surface area contributed by atoms with Crippen molar-refractivity contribution < 1.29 is 34.1 Å². The Labute approximate surface area is 220 Å². The summed E-state index contributed by atoms with van der Waals surface area (Å²) in [5.74, 6) is -2.34. The van der Waals surface area contributed by atoms with Gasteiger partial charge in [0.05, 0.1) is 36.0 Å². The Hall–Kier alpha value is -4.59. The van der Waals surface area contributed by atoms with Crippen molar-refractivity contribution in [2.45, 2.75) is 39.8 Å². The van der Waals surface area contributed by atoms with Crippen LogP contribution in [-0.4, -0.2) is 41.1 Å². The highest BCUT2D eigenvalue weighted by atomic mass is 16.5. The third-order valence-electron chi connectivity index (χ3n) is 6.23. The lowest BCUT2D eigenvalue weighted by Gasteiger charge is -2.26. The fourth-order valence-corrected chi connectivity index (χ4v) is 4.68. The van der Waals surface area contributed by atoms with Gasteiger partial charge < -0.3 is 19.7 Å². The number of aliphatic hydroxyl groups is 1. The molecule has 4 rings (SSSR count). The highest BCUT2D eigenvalue weighted by Crippen LogP contribution is 2.44. The van der Waals surface area contributed by atoms with Crippen LogP contribution in [-0.2, 0) is 14.3 Å². The zero-order valence-electron chi connectivity index (χ0n) is 21.8. The van der Waals surface area contributed by atoms with E-state index in [2.05, 4.69) is 0 Å².